The molecule has 3 heterocycles. The quantitative estimate of drug-likeness (QED) is 0.137. The summed E-state index contributed by atoms with van der Waals surface area (Å²) in [6.07, 6.45) is 0.326. The summed E-state index contributed by atoms with van der Waals surface area (Å²) in [4.78, 5) is 22.9. The molecule has 0 aliphatic carbocycles. The Hall–Kier alpha value is -2.62. The van der Waals surface area contributed by atoms with Gasteiger partial charge in [0, 0.05) is 87.4 Å². The molecule has 248 valence electrons. The van der Waals surface area contributed by atoms with Gasteiger partial charge in [-0.3, -0.25) is 9.69 Å². The number of H-pyrrole nitrogens is 1. The van der Waals surface area contributed by atoms with E-state index in [1.54, 1.807) is 31.2 Å². The number of ether oxygens (including phenoxy) is 1. The molecule has 1 aromatic heterocycles. The molecule has 12 heteroatoms. The van der Waals surface area contributed by atoms with Crippen molar-refractivity contribution in [3.8, 4) is 11.5 Å². The maximum absolute atomic E-state index is 11.5. The van der Waals surface area contributed by atoms with Crippen LogP contribution in [0.15, 0.2) is 66.7 Å². The summed E-state index contributed by atoms with van der Waals surface area (Å²) in [5, 5.41) is 25.9. The van der Waals surface area contributed by atoms with E-state index in [-0.39, 0.29) is 39.6 Å². The topological polar surface area (TPSA) is 112 Å². The van der Waals surface area contributed by atoms with Crippen LogP contribution in [-0.2, 0) is 32.3 Å². The van der Waals surface area contributed by atoms with Crippen molar-refractivity contribution < 1.29 is 45.8 Å². The first kappa shape index (κ1) is 37.8. The van der Waals surface area contributed by atoms with Gasteiger partial charge in [-0.25, -0.2) is 5.26 Å². The predicted molar refractivity (Wildman–Crippen MR) is 180 cm³/mol. The summed E-state index contributed by atoms with van der Waals surface area (Å²) < 4.78 is 5.85. The fourth-order valence-electron chi connectivity index (χ4n) is 5.44. The summed E-state index contributed by atoms with van der Waals surface area (Å²) in [5.41, 5.74) is 4.63. The van der Waals surface area contributed by atoms with Gasteiger partial charge in [0.15, 0.2) is 5.75 Å². The number of aromatic amines is 1. The van der Waals surface area contributed by atoms with E-state index in [4.69, 9.17) is 38.5 Å². The molecule has 2 aliphatic heterocycles. The summed E-state index contributed by atoms with van der Waals surface area (Å²) >= 11 is 11.8. The van der Waals surface area contributed by atoms with Gasteiger partial charge in [-0.15, -0.1) is 6.54 Å². The van der Waals surface area contributed by atoms with Crippen LogP contribution in [0.2, 0.25) is 10.0 Å². The van der Waals surface area contributed by atoms with E-state index >= 15 is 0 Å². The average Bonchev–Trinajstić information content (AvgIpc) is 3.44. The minimum absolute atomic E-state index is 0. The number of β-amino-alcohol motifs (C(OH)–C–C–N with tert-alkyl or cyclic N) is 1. The molecule has 1 saturated heterocycles. The van der Waals surface area contributed by atoms with Crippen LogP contribution in [-0.4, -0.2) is 83.0 Å². The number of nitrogens with one attached hydrogen (secondary N) is 1. The van der Waals surface area contributed by atoms with Gasteiger partial charge < -0.3 is 29.9 Å². The van der Waals surface area contributed by atoms with E-state index < -0.39 is 6.10 Å². The molecule has 1 amide bonds. The number of aromatic nitrogens is 1. The SMILES string of the molecule is CC.CC(=O)N1CCN(CC(O)COc2ccc(C3[N-]CCc4c3[nH]c3ccc(Cl)cc43)cc2)CC1.OOc1ccc(Cl)cc1.[W]. The number of halogens is 2. The molecule has 0 radical (unpaired) electrons. The van der Waals surface area contributed by atoms with Crippen molar-refractivity contribution in [3.63, 3.8) is 0 Å². The Bertz CT molecular complexity index is 1510. The number of fused-ring (bicyclic) bond motifs is 3. The number of rotatable bonds is 7. The standard InChI is InChI=1S/C26H30ClN4O3.C6H5ClO2.C2H6.W/c1-17(32)31-12-10-30(11-13-31)15-20(33)16-34-21-5-2-18(3-6-21)25-26-22(8-9-28-25)23-14-19(27)4-7-24(23)29-26;7-5-1-3-6(9-8)4-2-5;1-2;/h2-7,14,20,25,29,33H,8-13,15-16H2,1H3;1-4,8H;1-2H3;/q-1;;;. The number of nitrogens with zero attached hydrogens (tertiary/aromatic N) is 3. The van der Waals surface area contributed by atoms with Gasteiger partial charge in [-0.1, -0.05) is 60.8 Å². The number of aliphatic hydroxyl groups excluding tert-OH is 1. The van der Waals surface area contributed by atoms with E-state index in [0.29, 0.717) is 30.4 Å². The van der Waals surface area contributed by atoms with E-state index in [2.05, 4.69) is 14.8 Å². The van der Waals surface area contributed by atoms with Crippen molar-refractivity contribution in [1.29, 1.82) is 0 Å². The van der Waals surface area contributed by atoms with Crippen molar-refractivity contribution in [2.45, 2.75) is 39.3 Å². The summed E-state index contributed by atoms with van der Waals surface area (Å²) in [6.45, 7) is 10.1. The van der Waals surface area contributed by atoms with Crippen LogP contribution in [0.3, 0.4) is 0 Å². The second-order valence-corrected chi connectivity index (χ2v) is 11.5. The summed E-state index contributed by atoms with van der Waals surface area (Å²) in [5.74, 6) is 1.22. The van der Waals surface area contributed by atoms with Crippen molar-refractivity contribution >= 4 is 40.0 Å². The van der Waals surface area contributed by atoms with Gasteiger partial charge in [-0.2, -0.15) is 0 Å². The molecule has 2 unspecified atom stereocenters. The Kier molecular flexibility index (Phi) is 15.3. The van der Waals surface area contributed by atoms with Gasteiger partial charge in [0.05, 0.1) is 0 Å². The van der Waals surface area contributed by atoms with E-state index in [9.17, 15) is 9.90 Å². The molecule has 3 N–H and O–H groups in total. The van der Waals surface area contributed by atoms with Crippen LogP contribution in [0.25, 0.3) is 16.2 Å². The number of carbonyl (C=O) groups excluding carboxylic acids is 1. The van der Waals surface area contributed by atoms with E-state index in [0.717, 1.165) is 53.6 Å². The van der Waals surface area contributed by atoms with Crippen molar-refractivity contribution in [3.05, 3.63) is 98.9 Å². The number of piperazine rings is 1. The Balaban J connectivity index is 0.000000412. The Labute approximate surface area is 295 Å². The van der Waals surface area contributed by atoms with E-state index in [1.165, 1.54) is 10.9 Å². The first-order chi connectivity index (χ1) is 21.8. The fraction of sp³-hybridized carbons (Fsp3) is 0.382. The van der Waals surface area contributed by atoms with Crippen LogP contribution in [0.4, 0.5) is 0 Å². The van der Waals surface area contributed by atoms with Gasteiger partial charge >= 0.3 is 0 Å². The molecule has 0 saturated carbocycles. The van der Waals surface area contributed by atoms with Gasteiger partial charge in [0.1, 0.15) is 18.5 Å². The smallest absolute Gasteiger partial charge is 0.219 e. The number of hydrogen-bond donors (Lipinski definition) is 3. The zero-order chi connectivity index (χ0) is 32.3. The molecule has 6 rings (SSSR count). The molecule has 46 heavy (non-hydrogen) atoms. The van der Waals surface area contributed by atoms with Crippen LogP contribution in [0.5, 0.6) is 11.5 Å². The maximum Gasteiger partial charge on any atom is 0.219 e. The number of hydrogen-bond acceptors (Lipinski definition) is 6. The van der Waals surface area contributed by atoms with Crippen molar-refractivity contribution in [2.24, 2.45) is 0 Å². The monoisotopic (exact) mass is 839 g/mol. The number of aliphatic hydroxyl groups is 1. The average molecular weight is 840 g/mol. The van der Waals surface area contributed by atoms with Crippen LogP contribution in [0.1, 0.15) is 43.6 Å². The summed E-state index contributed by atoms with van der Waals surface area (Å²) in [7, 11) is 0. The molecule has 3 aromatic carbocycles. The largest absolute Gasteiger partial charge is 0.650 e. The Morgan fingerprint density at radius 1 is 0.978 bits per heavy atom. The van der Waals surface area contributed by atoms with Gasteiger partial charge in [0.2, 0.25) is 5.91 Å². The second kappa shape index (κ2) is 18.6. The van der Waals surface area contributed by atoms with E-state index in [1.807, 2.05) is 61.2 Å². The third-order valence-corrected chi connectivity index (χ3v) is 8.18. The first-order valence-corrected chi connectivity index (χ1v) is 16.0. The minimum atomic E-state index is -0.586. The Morgan fingerprint density at radius 3 is 2.24 bits per heavy atom. The Morgan fingerprint density at radius 2 is 1.61 bits per heavy atom. The van der Waals surface area contributed by atoms with Crippen LogP contribution in [0, 0.1) is 0 Å². The number of amides is 1. The van der Waals surface area contributed by atoms with Crippen LogP contribution < -0.4 is 9.62 Å². The second-order valence-electron chi connectivity index (χ2n) is 10.7. The normalized spacial score (nSPS) is 16.5. The first-order valence-electron chi connectivity index (χ1n) is 15.2. The van der Waals surface area contributed by atoms with Crippen molar-refractivity contribution in [1.82, 2.24) is 14.8 Å². The third kappa shape index (κ3) is 10.2. The van der Waals surface area contributed by atoms with Gasteiger partial charge in [-0.05, 0) is 66.6 Å². The predicted octanol–water partition coefficient (Wildman–Crippen LogP) is 6.96. The molecule has 2 atom stereocenters. The third-order valence-electron chi connectivity index (χ3n) is 7.69. The molecule has 0 bridgehead atoms. The summed E-state index contributed by atoms with van der Waals surface area (Å²) in [6, 6.07) is 20.3. The number of benzene rings is 3. The molecule has 1 fully saturated rings. The molecule has 0 spiro atoms. The zero-order valence-electron chi connectivity index (χ0n) is 26.3. The fourth-order valence-corrected chi connectivity index (χ4v) is 5.74. The molecule has 9 nitrogen and oxygen atoms in total. The minimum Gasteiger partial charge on any atom is -0.650 e. The zero-order valence-corrected chi connectivity index (χ0v) is 30.7. The van der Waals surface area contributed by atoms with Gasteiger partial charge in [0.25, 0.3) is 0 Å². The molecule has 4 aromatic rings. The van der Waals surface area contributed by atoms with Crippen LogP contribution >= 0.6 is 23.2 Å². The molecular formula is C34H41Cl2N4O5W-. The number of carbonyl (C=O) groups is 1. The molecule has 2 aliphatic rings. The van der Waals surface area contributed by atoms with Crippen molar-refractivity contribution in [2.75, 3.05) is 45.9 Å². The molecular weight excluding hydrogens is 799 g/mol. The maximum atomic E-state index is 11.5.